The number of nitrogens with one attached hydrogen (secondary N) is 1. The maximum atomic E-state index is 11.3. The number of quaternary nitrogens is 1. The Labute approximate surface area is 90.6 Å². The van der Waals surface area contributed by atoms with E-state index in [9.17, 15) is 13.2 Å². The summed E-state index contributed by atoms with van der Waals surface area (Å²) in [7, 11) is -0.355. The minimum absolute atomic E-state index is 0.198. The Bertz CT molecular complexity index is 311. The molecule has 0 bridgehead atoms. The molecular weight excluding hydrogens is 220 g/mol. The third kappa shape index (κ3) is 8.34. The van der Waals surface area contributed by atoms with Crippen LogP contribution in [0.3, 0.4) is 0 Å². The van der Waals surface area contributed by atoms with Crippen LogP contribution >= 0.6 is 0 Å². The normalized spacial score (nSPS) is 12.5. The zero-order chi connectivity index (χ0) is 12.1. The van der Waals surface area contributed by atoms with Crippen molar-refractivity contribution in [3.05, 3.63) is 0 Å². The molecule has 0 saturated heterocycles. The van der Waals surface area contributed by atoms with Gasteiger partial charge in [-0.25, -0.2) is 0 Å². The predicted octanol–water partition coefficient (Wildman–Crippen LogP) is -0.566. The van der Waals surface area contributed by atoms with Gasteiger partial charge in [-0.2, -0.15) is 8.42 Å². The minimum atomic E-state index is -4.13. The lowest BCUT2D eigenvalue weighted by Crippen LogP contribution is -2.48. The monoisotopic (exact) mass is 239 g/mol. The Hall–Kier alpha value is -0.660. The molecule has 0 heterocycles. The lowest BCUT2D eigenvalue weighted by molar-refractivity contribution is -0.882. The number of likely N-dealkylation sites (N-methyl/N-ethyl adjacent to an activating group) is 1. The van der Waals surface area contributed by atoms with Gasteiger partial charge in [0.15, 0.2) is 6.54 Å². The molecular formula is C8H19N2O4S+. The summed E-state index contributed by atoms with van der Waals surface area (Å²) in [6.45, 7) is 3.04. The van der Waals surface area contributed by atoms with E-state index in [2.05, 4.69) is 5.32 Å². The van der Waals surface area contributed by atoms with E-state index in [1.807, 2.05) is 21.0 Å². The van der Waals surface area contributed by atoms with Crippen LogP contribution in [0, 0.1) is 0 Å². The second-order valence-electron chi connectivity index (χ2n) is 4.14. The molecule has 90 valence electrons. The Balaban J connectivity index is 4.04. The van der Waals surface area contributed by atoms with Crippen molar-refractivity contribution in [3.8, 4) is 0 Å². The number of hydrogen-bond donors (Lipinski definition) is 2. The fourth-order valence-electron chi connectivity index (χ4n) is 1.30. The third-order valence-electron chi connectivity index (χ3n) is 1.85. The summed E-state index contributed by atoms with van der Waals surface area (Å²) in [5.74, 6) is -1.11. The van der Waals surface area contributed by atoms with Crippen LogP contribution in [0.5, 0.6) is 0 Å². The molecule has 6 nitrogen and oxygen atoms in total. The Morgan fingerprint density at radius 1 is 1.40 bits per heavy atom. The van der Waals surface area contributed by atoms with Crippen LogP contribution in [-0.2, 0) is 14.9 Å². The van der Waals surface area contributed by atoms with Crippen molar-refractivity contribution < 1.29 is 22.2 Å². The van der Waals surface area contributed by atoms with Gasteiger partial charge in [-0.05, 0) is 6.42 Å². The smallest absolute Gasteiger partial charge is 0.283 e. The van der Waals surface area contributed by atoms with Crippen molar-refractivity contribution in [2.24, 2.45) is 0 Å². The fourth-order valence-corrected chi connectivity index (χ4v) is 1.64. The van der Waals surface area contributed by atoms with Gasteiger partial charge in [-0.1, -0.05) is 6.92 Å². The summed E-state index contributed by atoms with van der Waals surface area (Å²) < 4.78 is 29.6. The number of amides is 1. The van der Waals surface area contributed by atoms with Crippen molar-refractivity contribution in [3.63, 3.8) is 0 Å². The molecule has 0 aromatic rings. The summed E-state index contributed by atoms with van der Waals surface area (Å²) in [4.78, 5) is 11.3. The SMILES string of the molecule is CCC[N+](C)(C)CC(=O)NCS(=O)(=O)O. The van der Waals surface area contributed by atoms with E-state index in [0.717, 1.165) is 13.0 Å². The highest BCUT2D eigenvalue weighted by Gasteiger charge is 2.19. The van der Waals surface area contributed by atoms with Crippen molar-refractivity contribution in [2.45, 2.75) is 13.3 Å². The second-order valence-corrected chi connectivity index (χ2v) is 5.60. The van der Waals surface area contributed by atoms with Crippen LogP contribution in [0.15, 0.2) is 0 Å². The van der Waals surface area contributed by atoms with Gasteiger partial charge < -0.3 is 9.80 Å². The van der Waals surface area contributed by atoms with E-state index >= 15 is 0 Å². The zero-order valence-corrected chi connectivity index (χ0v) is 10.2. The average molecular weight is 239 g/mol. The Kier molecular flexibility index (Phi) is 5.19. The lowest BCUT2D eigenvalue weighted by Gasteiger charge is -2.28. The molecule has 1 amide bonds. The first kappa shape index (κ1) is 14.3. The van der Waals surface area contributed by atoms with Gasteiger partial charge >= 0.3 is 0 Å². The molecule has 7 heteroatoms. The minimum Gasteiger partial charge on any atom is -0.335 e. The van der Waals surface area contributed by atoms with Crippen molar-refractivity contribution >= 4 is 16.0 Å². The number of carbonyl (C=O) groups excluding carboxylic acids is 1. The first-order chi connectivity index (χ1) is 6.66. The van der Waals surface area contributed by atoms with E-state index in [4.69, 9.17) is 4.55 Å². The second kappa shape index (κ2) is 5.43. The quantitative estimate of drug-likeness (QED) is 0.480. The van der Waals surface area contributed by atoms with Crippen LogP contribution < -0.4 is 5.32 Å². The zero-order valence-electron chi connectivity index (χ0n) is 9.36. The van der Waals surface area contributed by atoms with Gasteiger partial charge in [-0.15, -0.1) is 0 Å². The largest absolute Gasteiger partial charge is 0.335 e. The van der Waals surface area contributed by atoms with Crippen LogP contribution in [0.2, 0.25) is 0 Å². The maximum absolute atomic E-state index is 11.3. The molecule has 0 aliphatic carbocycles. The van der Waals surface area contributed by atoms with E-state index < -0.39 is 16.0 Å². The molecule has 0 aromatic carbocycles. The predicted molar refractivity (Wildman–Crippen MR) is 56.7 cm³/mol. The molecule has 0 aliphatic rings. The maximum Gasteiger partial charge on any atom is 0.283 e. The first-order valence-electron chi connectivity index (χ1n) is 4.70. The van der Waals surface area contributed by atoms with Crippen LogP contribution in [0.1, 0.15) is 13.3 Å². The van der Waals surface area contributed by atoms with E-state index in [-0.39, 0.29) is 12.5 Å². The summed E-state index contributed by atoms with van der Waals surface area (Å²) in [5, 5.41) is 2.14. The molecule has 0 rings (SSSR count). The van der Waals surface area contributed by atoms with Gasteiger partial charge in [0.1, 0.15) is 5.88 Å². The number of carbonyl (C=O) groups is 1. The Morgan fingerprint density at radius 3 is 2.33 bits per heavy atom. The fraction of sp³-hybridized carbons (Fsp3) is 0.875. The topological polar surface area (TPSA) is 83.5 Å². The summed E-state index contributed by atoms with van der Waals surface area (Å²) in [6, 6.07) is 0. The summed E-state index contributed by atoms with van der Waals surface area (Å²) >= 11 is 0. The number of rotatable bonds is 6. The van der Waals surface area contributed by atoms with Crippen molar-refractivity contribution in [1.82, 2.24) is 5.32 Å². The van der Waals surface area contributed by atoms with Crippen molar-refractivity contribution in [2.75, 3.05) is 33.1 Å². The van der Waals surface area contributed by atoms with Crippen molar-refractivity contribution in [1.29, 1.82) is 0 Å². The molecule has 0 unspecified atom stereocenters. The van der Waals surface area contributed by atoms with Gasteiger partial charge in [0.25, 0.3) is 16.0 Å². The van der Waals surface area contributed by atoms with Gasteiger partial charge in [0.05, 0.1) is 20.6 Å². The van der Waals surface area contributed by atoms with Gasteiger partial charge in [-0.3, -0.25) is 9.35 Å². The van der Waals surface area contributed by atoms with Gasteiger partial charge in [0.2, 0.25) is 0 Å². The molecule has 2 N–H and O–H groups in total. The molecule has 0 atom stereocenters. The van der Waals surface area contributed by atoms with Crippen LogP contribution in [-0.4, -0.2) is 56.4 Å². The summed E-state index contributed by atoms with van der Waals surface area (Å²) in [5.41, 5.74) is 0. The molecule has 0 spiro atoms. The highest BCUT2D eigenvalue weighted by Crippen LogP contribution is 1.98. The lowest BCUT2D eigenvalue weighted by atomic mass is 10.3. The number of nitrogens with zero attached hydrogens (tertiary/aromatic N) is 1. The highest BCUT2D eigenvalue weighted by atomic mass is 32.2. The van der Waals surface area contributed by atoms with Crippen LogP contribution in [0.25, 0.3) is 0 Å². The van der Waals surface area contributed by atoms with Crippen LogP contribution in [0.4, 0.5) is 0 Å². The van der Waals surface area contributed by atoms with E-state index in [0.29, 0.717) is 4.48 Å². The standard InChI is InChI=1S/C8H18N2O4S/c1-4-5-10(2,3)6-8(11)9-7-15(12,13)14/h4-7H2,1-3H3,(H-,9,11,12,13,14)/p+1. The molecule has 0 saturated carbocycles. The molecule has 0 fully saturated rings. The van der Waals surface area contributed by atoms with E-state index in [1.165, 1.54) is 0 Å². The summed E-state index contributed by atoms with van der Waals surface area (Å²) in [6.07, 6.45) is 0.943. The molecule has 15 heavy (non-hydrogen) atoms. The molecule has 0 radical (unpaired) electrons. The molecule has 0 aliphatic heterocycles. The number of hydrogen-bond acceptors (Lipinski definition) is 3. The van der Waals surface area contributed by atoms with Gasteiger partial charge in [0, 0.05) is 0 Å². The van der Waals surface area contributed by atoms with E-state index in [1.54, 1.807) is 0 Å². The third-order valence-corrected chi connectivity index (χ3v) is 2.36. The average Bonchev–Trinajstić information content (AvgIpc) is 1.98. The first-order valence-corrected chi connectivity index (χ1v) is 6.31. The molecule has 0 aromatic heterocycles. The highest BCUT2D eigenvalue weighted by molar-refractivity contribution is 7.85. The Morgan fingerprint density at radius 2 is 1.93 bits per heavy atom.